The van der Waals surface area contributed by atoms with Crippen molar-refractivity contribution >= 4 is 25.8 Å². The summed E-state index contributed by atoms with van der Waals surface area (Å²) < 4.78 is 6.56. The maximum Gasteiger partial charge on any atom is 0.227 e. The minimum absolute atomic E-state index is 0.0310. The molecule has 1 N–H and O–H groups in total. The van der Waals surface area contributed by atoms with E-state index in [9.17, 15) is 4.79 Å². The lowest BCUT2D eigenvalue weighted by molar-refractivity contribution is -0.123. The van der Waals surface area contributed by atoms with Crippen molar-refractivity contribution in [3.05, 3.63) is 59.3 Å². The highest BCUT2D eigenvalue weighted by molar-refractivity contribution is 6.74. The van der Waals surface area contributed by atoms with E-state index >= 15 is 0 Å². The molecule has 0 bridgehead atoms. The molecular formula is C24H38ClNO2Si. The van der Waals surface area contributed by atoms with Crippen LogP contribution in [-0.2, 0) is 15.6 Å². The second-order valence-electron chi connectivity index (χ2n) is 9.26. The smallest absolute Gasteiger partial charge is 0.227 e. The Balaban J connectivity index is 2.62. The average Bonchev–Trinajstić information content (AvgIpc) is 2.62. The van der Waals surface area contributed by atoms with Gasteiger partial charge in [-0.05, 0) is 56.1 Å². The van der Waals surface area contributed by atoms with Gasteiger partial charge in [0.1, 0.15) is 0 Å². The summed E-state index contributed by atoms with van der Waals surface area (Å²) in [6.07, 6.45) is 8.04. The summed E-state index contributed by atoms with van der Waals surface area (Å²) in [6, 6.07) is 10.1. The number of amides is 1. The monoisotopic (exact) mass is 435 g/mol. The number of rotatable bonds is 10. The van der Waals surface area contributed by atoms with Crippen LogP contribution in [0.15, 0.2) is 53.7 Å². The standard InChI is InChI=1S/C24H38ClNO2Si/c1-19(18-21-12-9-8-10-13-21)23(27)26-17-11-14-22(16-15-20(2)25)28-29(6,7)24(3,4)5/h8-13,15,17,19,22H,14,16,18H2,1-7H3,(H,26,27)/b17-11-,20-15+/t19-,22+/m0/s1. The molecule has 0 radical (unpaired) electrons. The van der Waals surface area contributed by atoms with E-state index in [1.165, 1.54) is 5.56 Å². The molecule has 0 aliphatic heterocycles. The Kier molecular flexibility index (Phi) is 10.4. The largest absolute Gasteiger partial charge is 0.413 e. The zero-order valence-corrected chi connectivity index (χ0v) is 20.8. The third-order valence-corrected chi connectivity index (χ3v) is 10.2. The highest BCUT2D eigenvalue weighted by Gasteiger charge is 2.38. The van der Waals surface area contributed by atoms with Gasteiger partial charge in [0.25, 0.3) is 0 Å². The molecule has 5 heteroatoms. The van der Waals surface area contributed by atoms with Crippen molar-refractivity contribution in [1.29, 1.82) is 0 Å². The Morgan fingerprint density at radius 2 is 1.83 bits per heavy atom. The van der Waals surface area contributed by atoms with Crippen LogP contribution in [-0.4, -0.2) is 20.3 Å². The maximum absolute atomic E-state index is 12.4. The fourth-order valence-electron chi connectivity index (χ4n) is 2.64. The molecule has 0 heterocycles. The third kappa shape index (κ3) is 9.79. The summed E-state index contributed by atoms with van der Waals surface area (Å²) >= 11 is 6.03. The summed E-state index contributed by atoms with van der Waals surface area (Å²) in [4.78, 5) is 12.4. The van der Waals surface area contributed by atoms with Crippen LogP contribution in [0.1, 0.15) is 53.0 Å². The fourth-order valence-corrected chi connectivity index (χ4v) is 4.11. The summed E-state index contributed by atoms with van der Waals surface area (Å²) in [5.74, 6) is -0.0494. The normalized spacial score (nSPS) is 15.4. The molecule has 1 rings (SSSR count). The van der Waals surface area contributed by atoms with Gasteiger partial charge in [-0.15, -0.1) is 0 Å². The summed E-state index contributed by atoms with van der Waals surface area (Å²) in [6.45, 7) is 15.1. The average molecular weight is 436 g/mol. The molecule has 0 saturated carbocycles. The first-order chi connectivity index (χ1) is 13.4. The predicted octanol–water partition coefficient (Wildman–Crippen LogP) is 6.81. The fraction of sp³-hybridized carbons (Fsp3) is 0.542. The number of benzene rings is 1. The molecule has 162 valence electrons. The van der Waals surface area contributed by atoms with Crippen LogP contribution in [0.3, 0.4) is 0 Å². The number of hydrogen-bond acceptors (Lipinski definition) is 2. The van der Waals surface area contributed by atoms with Gasteiger partial charge in [0, 0.05) is 11.0 Å². The molecule has 0 aliphatic carbocycles. The van der Waals surface area contributed by atoms with Crippen LogP contribution in [0.2, 0.25) is 18.1 Å². The molecule has 0 aliphatic rings. The lowest BCUT2D eigenvalue weighted by atomic mass is 10.0. The Hall–Kier alpha value is -1.36. The molecule has 29 heavy (non-hydrogen) atoms. The second-order valence-corrected chi connectivity index (χ2v) is 14.6. The van der Waals surface area contributed by atoms with E-state index in [4.69, 9.17) is 16.0 Å². The lowest BCUT2D eigenvalue weighted by Crippen LogP contribution is -2.43. The van der Waals surface area contributed by atoms with Crippen LogP contribution in [0.5, 0.6) is 0 Å². The van der Waals surface area contributed by atoms with Crippen molar-refractivity contribution in [2.24, 2.45) is 5.92 Å². The minimum Gasteiger partial charge on any atom is -0.413 e. The Labute approximate surface area is 183 Å². The molecule has 0 aromatic heterocycles. The van der Waals surface area contributed by atoms with Gasteiger partial charge in [0.15, 0.2) is 8.32 Å². The molecule has 2 atom stereocenters. The van der Waals surface area contributed by atoms with Crippen molar-refractivity contribution < 1.29 is 9.22 Å². The molecule has 1 aromatic rings. The van der Waals surface area contributed by atoms with Gasteiger partial charge in [-0.25, -0.2) is 0 Å². The number of allylic oxidation sites excluding steroid dienone is 1. The molecule has 0 fully saturated rings. The maximum atomic E-state index is 12.4. The van der Waals surface area contributed by atoms with Crippen molar-refractivity contribution in [2.45, 2.75) is 78.1 Å². The molecule has 1 aromatic carbocycles. The van der Waals surface area contributed by atoms with E-state index in [0.29, 0.717) is 0 Å². The summed E-state index contributed by atoms with van der Waals surface area (Å²) in [7, 11) is -1.88. The van der Waals surface area contributed by atoms with Gasteiger partial charge < -0.3 is 9.74 Å². The van der Waals surface area contributed by atoms with E-state index < -0.39 is 8.32 Å². The number of hydrogen-bond donors (Lipinski definition) is 1. The molecule has 0 saturated heterocycles. The first kappa shape index (κ1) is 25.7. The van der Waals surface area contributed by atoms with Crippen LogP contribution in [0, 0.1) is 5.92 Å². The van der Waals surface area contributed by atoms with Gasteiger partial charge in [-0.3, -0.25) is 4.79 Å². The second kappa shape index (κ2) is 11.7. The van der Waals surface area contributed by atoms with E-state index in [2.05, 4.69) is 51.3 Å². The third-order valence-electron chi connectivity index (χ3n) is 5.50. The van der Waals surface area contributed by atoms with E-state index in [0.717, 1.165) is 24.3 Å². The van der Waals surface area contributed by atoms with Gasteiger partial charge in [-0.1, -0.05) is 81.8 Å². The Morgan fingerprint density at radius 1 is 1.21 bits per heavy atom. The first-order valence-corrected chi connectivity index (χ1v) is 13.7. The number of nitrogens with one attached hydrogen (secondary N) is 1. The minimum atomic E-state index is -1.88. The van der Waals surface area contributed by atoms with Gasteiger partial charge in [0.2, 0.25) is 5.91 Å². The SMILES string of the molecule is C/C(Cl)=C\C[C@@H](C/C=C\NC(=O)[C@@H](C)Cc1ccccc1)O[Si](C)(C)C(C)(C)C. The topological polar surface area (TPSA) is 38.3 Å². The molecule has 3 nitrogen and oxygen atoms in total. The highest BCUT2D eigenvalue weighted by atomic mass is 35.5. The molecule has 0 spiro atoms. The molecule has 1 amide bonds. The van der Waals surface area contributed by atoms with Crippen LogP contribution >= 0.6 is 11.6 Å². The van der Waals surface area contributed by atoms with Gasteiger partial charge in [-0.2, -0.15) is 0 Å². The van der Waals surface area contributed by atoms with Crippen molar-refractivity contribution in [1.82, 2.24) is 5.32 Å². The first-order valence-electron chi connectivity index (χ1n) is 10.4. The van der Waals surface area contributed by atoms with E-state index in [-0.39, 0.29) is 23.0 Å². The zero-order chi connectivity index (χ0) is 22.1. The van der Waals surface area contributed by atoms with Crippen molar-refractivity contribution in [2.75, 3.05) is 0 Å². The van der Waals surface area contributed by atoms with E-state index in [1.54, 1.807) is 6.20 Å². The van der Waals surface area contributed by atoms with Crippen LogP contribution in [0.4, 0.5) is 0 Å². The van der Waals surface area contributed by atoms with Gasteiger partial charge >= 0.3 is 0 Å². The summed E-state index contributed by atoms with van der Waals surface area (Å²) in [5.41, 5.74) is 1.17. The highest BCUT2D eigenvalue weighted by Crippen LogP contribution is 2.38. The Morgan fingerprint density at radius 3 is 2.38 bits per heavy atom. The predicted molar refractivity (Wildman–Crippen MR) is 128 cm³/mol. The quantitative estimate of drug-likeness (QED) is 0.410. The Bertz CT molecular complexity index is 689. The van der Waals surface area contributed by atoms with Gasteiger partial charge in [0.05, 0.1) is 6.10 Å². The molecule has 0 unspecified atom stereocenters. The molecular weight excluding hydrogens is 398 g/mol. The van der Waals surface area contributed by atoms with Crippen molar-refractivity contribution in [3.8, 4) is 0 Å². The van der Waals surface area contributed by atoms with Crippen LogP contribution in [0.25, 0.3) is 0 Å². The van der Waals surface area contributed by atoms with Crippen LogP contribution < -0.4 is 5.32 Å². The number of carbonyl (C=O) groups is 1. The summed E-state index contributed by atoms with van der Waals surface area (Å²) in [5, 5.41) is 3.84. The van der Waals surface area contributed by atoms with E-state index in [1.807, 2.05) is 44.2 Å². The zero-order valence-electron chi connectivity index (χ0n) is 19.1. The van der Waals surface area contributed by atoms with Crippen molar-refractivity contribution in [3.63, 3.8) is 0 Å². The lowest BCUT2D eigenvalue weighted by Gasteiger charge is -2.39. The number of carbonyl (C=O) groups excluding carboxylic acids is 1. The number of halogens is 1.